The molecule has 29 heavy (non-hydrogen) atoms. The van der Waals surface area contributed by atoms with E-state index >= 15 is 0 Å². The van der Waals surface area contributed by atoms with Crippen LogP contribution in [0.2, 0.25) is 0 Å². The highest BCUT2D eigenvalue weighted by atomic mass is 32.1. The van der Waals surface area contributed by atoms with Gasteiger partial charge < -0.3 is 14.8 Å². The van der Waals surface area contributed by atoms with Crippen LogP contribution in [0.1, 0.15) is 16.8 Å². The summed E-state index contributed by atoms with van der Waals surface area (Å²) < 4.78 is 12.7. The van der Waals surface area contributed by atoms with E-state index in [0.717, 1.165) is 39.0 Å². The van der Waals surface area contributed by atoms with Crippen LogP contribution in [0.15, 0.2) is 54.0 Å². The molecule has 1 N–H and O–H groups in total. The maximum atomic E-state index is 12.5. The number of amides is 1. The van der Waals surface area contributed by atoms with Crippen LogP contribution in [0.5, 0.6) is 11.5 Å². The number of hydrogen-bond donors (Lipinski definition) is 1. The Morgan fingerprint density at radius 1 is 1.17 bits per heavy atom. The van der Waals surface area contributed by atoms with Crippen LogP contribution in [0.25, 0.3) is 16.2 Å². The lowest BCUT2D eigenvalue weighted by Crippen LogP contribution is -2.24. The Morgan fingerprint density at radius 2 is 2.00 bits per heavy atom. The largest absolute Gasteiger partial charge is 0.454 e. The first-order valence-electron chi connectivity index (χ1n) is 9.33. The molecular weight excluding hydrogens is 386 g/mol. The third-order valence-electron chi connectivity index (χ3n) is 4.90. The normalized spacial score (nSPS) is 12.4. The molecule has 2 aromatic carbocycles. The number of carbonyl (C=O) groups excluding carboxylic acids is 1. The van der Waals surface area contributed by atoms with E-state index < -0.39 is 0 Å². The standard InChI is InChI=1S/C22H19N3O3S/c1-14-2-5-16(6-3-14)18-11-25-17(12-29-22(25)24-18)9-21(26)23-10-15-4-7-19-20(8-15)28-13-27-19/h2-8,11-12H,9-10,13H2,1H3,(H,23,26). The summed E-state index contributed by atoms with van der Waals surface area (Å²) >= 11 is 1.54. The second-order valence-electron chi connectivity index (χ2n) is 7.01. The number of thiazole rings is 1. The van der Waals surface area contributed by atoms with Crippen LogP contribution in [-0.2, 0) is 17.8 Å². The summed E-state index contributed by atoms with van der Waals surface area (Å²) in [5.74, 6) is 1.43. The quantitative estimate of drug-likeness (QED) is 0.546. The minimum absolute atomic E-state index is 0.0343. The van der Waals surface area contributed by atoms with E-state index in [4.69, 9.17) is 14.5 Å². The highest BCUT2D eigenvalue weighted by molar-refractivity contribution is 7.15. The van der Waals surface area contributed by atoms with Gasteiger partial charge >= 0.3 is 0 Å². The zero-order valence-corrected chi connectivity index (χ0v) is 16.7. The van der Waals surface area contributed by atoms with Crippen molar-refractivity contribution in [2.24, 2.45) is 0 Å². The van der Waals surface area contributed by atoms with Crippen molar-refractivity contribution in [2.45, 2.75) is 19.9 Å². The topological polar surface area (TPSA) is 64.9 Å². The Balaban J connectivity index is 1.27. The predicted octanol–water partition coefficient (Wildman–Crippen LogP) is 3.96. The summed E-state index contributed by atoms with van der Waals surface area (Å²) in [7, 11) is 0. The Bertz CT molecular complexity index is 1190. The van der Waals surface area contributed by atoms with Gasteiger partial charge in [-0.3, -0.25) is 9.20 Å². The molecule has 3 heterocycles. The number of hydrogen-bond acceptors (Lipinski definition) is 5. The molecule has 6 nitrogen and oxygen atoms in total. The molecule has 0 spiro atoms. The SMILES string of the molecule is Cc1ccc(-c2cn3c(CC(=O)NCc4ccc5c(c4)OCO5)csc3n2)cc1. The van der Waals surface area contributed by atoms with Crippen LogP contribution in [-0.4, -0.2) is 22.1 Å². The zero-order chi connectivity index (χ0) is 19.8. The third-order valence-corrected chi connectivity index (χ3v) is 5.79. The number of benzene rings is 2. The molecule has 0 saturated heterocycles. The smallest absolute Gasteiger partial charge is 0.231 e. The van der Waals surface area contributed by atoms with Gasteiger partial charge in [0.05, 0.1) is 12.1 Å². The minimum Gasteiger partial charge on any atom is -0.454 e. The molecule has 0 unspecified atom stereocenters. The fourth-order valence-corrected chi connectivity index (χ4v) is 4.17. The van der Waals surface area contributed by atoms with Crippen molar-refractivity contribution < 1.29 is 14.3 Å². The number of carbonyl (C=O) groups is 1. The number of aromatic nitrogens is 2. The first-order valence-corrected chi connectivity index (χ1v) is 10.2. The molecule has 0 aliphatic carbocycles. The molecule has 146 valence electrons. The highest BCUT2D eigenvalue weighted by Gasteiger charge is 2.15. The van der Waals surface area contributed by atoms with E-state index in [1.807, 2.05) is 34.2 Å². The first kappa shape index (κ1) is 17.8. The summed E-state index contributed by atoms with van der Waals surface area (Å²) in [6.45, 7) is 2.76. The first-order chi connectivity index (χ1) is 14.2. The Hall–Kier alpha value is -3.32. The van der Waals surface area contributed by atoms with Crippen LogP contribution in [0.4, 0.5) is 0 Å². The molecular formula is C22H19N3O3S. The summed E-state index contributed by atoms with van der Waals surface area (Å²) in [6, 6.07) is 14.0. The third kappa shape index (κ3) is 3.56. The molecule has 0 radical (unpaired) electrons. The molecule has 4 aromatic rings. The fourth-order valence-electron chi connectivity index (χ4n) is 3.30. The van der Waals surface area contributed by atoms with Crippen LogP contribution < -0.4 is 14.8 Å². The molecule has 2 aromatic heterocycles. The van der Waals surface area contributed by atoms with Gasteiger partial charge in [-0.15, -0.1) is 11.3 Å². The van der Waals surface area contributed by atoms with Gasteiger partial charge in [0.1, 0.15) is 0 Å². The lowest BCUT2D eigenvalue weighted by atomic mass is 10.1. The van der Waals surface area contributed by atoms with Crippen LogP contribution in [0, 0.1) is 6.92 Å². The fraction of sp³-hybridized carbons (Fsp3) is 0.182. The average Bonchev–Trinajstić information content (AvgIpc) is 3.43. The Kier molecular flexibility index (Phi) is 4.44. The lowest BCUT2D eigenvalue weighted by molar-refractivity contribution is -0.120. The highest BCUT2D eigenvalue weighted by Crippen LogP contribution is 2.32. The van der Waals surface area contributed by atoms with Crippen molar-refractivity contribution in [1.29, 1.82) is 0 Å². The summed E-state index contributed by atoms with van der Waals surface area (Å²) in [5.41, 5.74) is 5.11. The van der Waals surface area contributed by atoms with Gasteiger partial charge in [0.25, 0.3) is 0 Å². The number of ether oxygens (including phenoxy) is 2. The van der Waals surface area contributed by atoms with Crippen LogP contribution in [0.3, 0.4) is 0 Å². The molecule has 1 aliphatic rings. The van der Waals surface area contributed by atoms with Gasteiger partial charge in [0.2, 0.25) is 12.7 Å². The molecule has 0 fully saturated rings. The summed E-state index contributed by atoms with van der Waals surface area (Å²) in [4.78, 5) is 18.1. The van der Waals surface area contributed by atoms with Crippen molar-refractivity contribution in [3.63, 3.8) is 0 Å². The van der Waals surface area contributed by atoms with Crippen molar-refractivity contribution in [1.82, 2.24) is 14.7 Å². The Labute approximate surface area is 171 Å². The van der Waals surface area contributed by atoms with Crippen molar-refractivity contribution >= 4 is 22.2 Å². The van der Waals surface area contributed by atoms with E-state index in [-0.39, 0.29) is 12.7 Å². The molecule has 7 heteroatoms. The summed E-state index contributed by atoms with van der Waals surface area (Å²) in [5, 5.41) is 4.96. The van der Waals surface area contributed by atoms with Gasteiger partial charge in [0.15, 0.2) is 16.5 Å². The molecule has 0 atom stereocenters. The molecule has 1 aliphatic heterocycles. The van der Waals surface area contributed by atoms with Crippen LogP contribution >= 0.6 is 11.3 Å². The van der Waals surface area contributed by atoms with E-state index in [1.165, 1.54) is 5.56 Å². The number of nitrogens with one attached hydrogen (secondary N) is 1. The van der Waals surface area contributed by atoms with Crippen molar-refractivity contribution in [3.8, 4) is 22.8 Å². The van der Waals surface area contributed by atoms with Gasteiger partial charge in [0, 0.05) is 29.4 Å². The van der Waals surface area contributed by atoms with E-state index in [1.54, 1.807) is 11.3 Å². The summed E-state index contributed by atoms with van der Waals surface area (Å²) in [6.07, 6.45) is 2.30. The lowest BCUT2D eigenvalue weighted by Gasteiger charge is -2.06. The number of aryl methyl sites for hydroxylation is 1. The predicted molar refractivity (Wildman–Crippen MR) is 111 cm³/mol. The maximum absolute atomic E-state index is 12.5. The van der Waals surface area contributed by atoms with E-state index in [0.29, 0.717) is 13.0 Å². The molecule has 0 saturated carbocycles. The molecule has 5 rings (SSSR count). The number of imidazole rings is 1. The Morgan fingerprint density at radius 3 is 2.86 bits per heavy atom. The van der Waals surface area contributed by atoms with E-state index in [2.05, 4.69) is 36.5 Å². The van der Waals surface area contributed by atoms with Gasteiger partial charge in [-0.25, -0.2) is 4.98 Å². The van der Waals surface area contributed by atoms with Crippen molar-refractivity contribution in [2.75, 3.05) is 6.79 Å². The van der Waals surface area contributed by atoms with Gasteiger partial charge in [-0.2, -0.15) is 0 Å². The minimum atomic E-state index is -0.0343. The zero-order valence-electron chi connectivity index (χ0n) is 15.8. The maximum Gasteiger partial charge on any atom is 0.231 e. The number of fused-ring (bicyclic) bond motifs is 2. The van der Waals surface area contributed by atoms with Crippen molar-refractivity contribution in [3.05, 3.63) is 70.9 Å². The number of nitrogens with zero attached hydrogens (tertiary/aromatic N) is 2. The molecule has 0 bridgehead atoms. The van der Waals surface area contributed by atoms with Gasteiger partial charge in [-0.1, -0.05) is 35.9 Å². The van der Waals surface area contributed by atoms with Gasteiger partial charge in [-0.05, 0) is 24.6 Å². The average molecular weight is 405 g/mol. The van der Waals surface area contributed by atoms with E-state index in [9.17, 15) is 4.79 Å². The second-order valence-corrected chi connectivity index (χ2v) is 7.85. The number of rotatable bonds is 5. The second kappa shape index (κ2) is 7.25. The molecule has 1 amide bonds. The monoisotopic (exact) mass is 405 g/mol.